The van der Waals surface area contributed by atoms with Gasteiger partial charge in [0.2, 0.25) is 0 Å². The molecule has 17 heavy (non-hydrogen) atoms. The van der Waals surface area contributed by atoms with Crippen molar-refractivity contribution in [2.45, 2.75) is 26.4 Å². The summed E-state index contributed by atoms with van der Waals surface area (Å²) in [7, 11) is 0. The molecule has 4 heteroatoms. The molecule has 0 fully saturated rings. The van der Waals surface area contributed by atoms with Gasteiger partial charge in [0.05, 0.1) is 11.9 Å². The predicted octanol–water partition coefficient (Wildman–Crippen LogP) is 3.22. The molecule has 2 rings (SSSR count). The van der Waals surface area contributed by atoms with Crippen LogP contribution < -0.4 is 5.32 Å². The minimum atomic E-state index is -0.208. The fourth-order valence-electron chi connectivity index (χ4n) is 1.72. The van der Waals surface area contributed by atoms with Gasteiger partial charge in [0, 0.05) is 18.8 Å². The van der Waals surface area contributed by atoms with E-state index < -0.39 is 0 Å². The zero-order chi connectivity index (χ0) is 12.3. The van der Waals surface area contributed by atoms with Crippen LogP contribution in [-0.4, -0.2) is 9.78 Å². The van der Waals surface area contributed by atoms with E-state index in [9.17, 15) is 4.39 Å². The van der Waals surface area contributed by atoms with Gasteiger partial charge < -0.3 is 5.32 Å². The van der Waals surface area contributed by atoms with E-state index in [-0.39, 0.29) is 11.9 Å². The molecule has 2 aromatic rings. The average Bonchev–Trinajstić information content (AvgIpc) is 2.77. The number of aromatic nitrogens is 2. The summed E-state index contributed by atoms with van der Waals surface area (Å²) in [6.07, 6.45) is 3.72. The standard InChI is InChI=1S/C13H16FN3/c1-3-17-9-13(8-15-17)16-10(2)11-5-4-6-12(14)7-11/h4-10,16H,3H2,1-2H3. The van der Waals surface area contributed by atoms with Crippen molar-refractivity contribution in [1.82, 2.24) is 9.78 Å². The Bertz CT molecular complexity index is 493. The smallest absolute Gasteiger partial charge is 0.123 e. The quantitative estimate of drug-likeness (QED) is 0.878. The Morgan fingerprint density at radius 1 is 1.47 bits per heavy atom. The maximum Gasteiger partial charge on any atom is 0.123 e. The molecular formula is C13H16FN3. The Kier molecular flexibility index (Phi) is 3.42. The van der Waals surface area contributed by atoms with Crippen molar-refractivity contribution in [1.29, 1.82) is 0 Å². The highest BCUT2D eigenvalue weighted by atomic mass is 19.1. The van der Waals surface area contributed by atoms with E-state index in [0.29, 0.717) is 0 Å². The highest BCUT2D eigenvalue weighted by Crippen LogP contribution is 2.19. The molecule has 0 saturated heterocycles. The molecule has 90 valence electrons. The number of hydrogen-bond acceptors (Lipinski definition) is 2. The lowest BCUT2D eigenvalue weighted by molar-refractivity contribution is 0.623. The van der Waals surface area contributed by atoms with Crippen molar-refractivity contribution >= 4 is 5.69 Å². The molecule has 1 heterocycles. The fourth-order valence-corrected chi connectivity index (χ4v) is 1.72. The minimum absolute atomic E-state index is 0.0557. The Morgan fingerprint density at radius 2 is 2.29 bits per heavy atom. The third-order valence-electron chi connectivity index (χ3n) is 2.69. The van der Waals surface area contributed by atoms with E-state index in [0.717, 1.165) is 17.8 Å². The van der Waals surface area contributed by atoms with Crippen molar-refractivity contribution in [3.05, 3.63) is 48.0 Å². The predicted molar refractivity (Wildman–Crippen MR) is 66.3 cm³/mol. The van der Waals surface area contributed by atoms with Crippen molar-refractivity contribution < 1.29 is 4.39 Å². The van der Waals surface area contributed by atoms with Crippen LogP contribution in [0.5, 0.6) is 0 Å². The third kappa shape index (κ3) is 2.84. The Hall–Kier alpha value is -1.84. The number of rotatable bonds is 4. The SMILES string of the molecule is CCn1cc(NC(C)c2cccc(F)c2)cn1. The molecule has 1 unspecified atom stereocenters. The molecule has 1 N–H and O–H groups in total. The molecular weight excluding hydrogens is 217 g/mol. The number of nitrogens with zero attached hydrogens (tertiary/aromatic N) is 2. The molecule has 1 aromatic heterocycles. The van der Waals surface area contributed by atoms with Crippen LogP contribution in [0.3, 0.4) is 0 Å². The molecule has 1 aromatic carbocycles. The van der Waals surface area contributed by atoms with Crippen molar-refractivity contribution in [3.8, 4) is 0 Å². The fraction of sp³-hybridized carbons (Fsp3) is 0.308. The Balaban J connectivity index is 2.08. The van der Waals surface area contributed by atoms with Gasteiger partial charge in [-0.2, -0.15) is 5.10 Å². The Morgan fingerprint density at radius 3 is 2.94 bits per heavy atom. The van der Waals surface area contributed by atoms with Crippen molar-refractivity contribution in [2.24, 2.45) is 0 Å². The van der Waals surface area contributed by atoms with E-state index in [1.54, 1.807) is 18.3 Å². The Labute approximate surface area is 100 Å². The molecule has 0 aliphatic heterocycles. The second kappa shape index (κ2) is 4.99. The maximum absolute atomic E-state index is 13.1. The van der Waals surface area contributed by atoms with Gasteiger partial charge in [0.25, 0.3) is 0 Å². The van der Waals surface area contributed by atoms with Crippen LogP contribution in [0.2, 0.25) is 0 Å². The summed E-state index contributed by atoms with van der Waals surface area (Å²) in [5, 5.41) is 7.47. The van der Waals surface area contributed by atoms with Gasteiger partial charge in [-0.05, 0) is 31.5 Å². The monoisotopic (exact) mass is 233 g/mol. The van der Waals surface area contributed by atoms with Gasteiger partial charge in [0.1, 0.15) is 5.82 Å². The van der Waals surface area contributed by atoms with E-state index in [4.69, 9.17) is 0 Å². The number of halogens is 1. The summed E-state index contributed by atoms with van der Waals surface area (Å²) in [6, 6.07) is 6.68. The van der Waals surface area contributed by atoms with Gasteiger partial charge in [0.15, 0.2) is 0 Å². The summed E-state index contributed by atoms with van der Waals surface area (Å²) < 4.78 is 14.9. The largest absolute Gasteiger partial charge is 0.376 e. The lowest BCUT2D eigenvalue weighted by Crippen LogP contribution is -2.06. The number of hydrogen-bond donors (Lipinski definition) is 1. The topological polar surface area (TPSA) is 29.9 Å². The van der Waals surface area contributed by atoms with E-state index >= 15 is 0 Å². The van der Waals surface area contributed by atoms with Crippen LogP contribution in [-0.2, 0) is 6.54 Å². The van der Waals surface area contributed by atoms with Gasteiger partial charge in [-0.25, -0.2) is 4.39 Å². The first kappa shape index (κ1) is 11.6. The second-order valence-electron chi connectivity index (χ2n) is 4.01. The molecule has 0 aliphatic rings. The molecule has 1 atom stereocenters. The zero-order valence-corrected chi connectivity index (χ0v) is 10.0. The number of benzene rings is 1. The van der Waals surface area contributed by atoms with Crippen LogP contribution in [0.4, 0.5) is 10.1 Å². The summed E-state index contributed by atoms with van der Waals surface area (Å²) in [6.45, 7) is 4.88. The van der Waals surface area contributed by atoms with Gasteiger partial charge in [-0.1, -0.05) is 12.1 Å². The molecule has 0 aliphatic carbocycles. The lowest BCUT2D eigenvalue weighted by atomic mass is 10.1. The highest BCUT2D eigenvalue weighted by molar-refractivity contribution is 5.41. The maximum atomic E-state index is 13.1. The molecule has 0 amide bonds. The number of anilines is 1. The summed E-state index contributed by atoms with van der Waals surface area (Å²) >= 11 is 0. The number of aryl methyl sites for hydroxylation is 1. The van der Waals surface area contributed by atoms with Crippen LogP contribution in [0, 0.1) is 5.82 Å². The first-order valence-corrected chi connectivity index (χ1v) is 5.73. The molecule has 0 bridgehead atoms. The molecule has 3 nitrogen and oxygen atoms in total. The third-order valence-corrected chi connectivity index (χ3v) is 2.69. The van der Waals surface area contributed by atoms with Crippen molar-refractivity contribution in [3.63, 3.8) is 0 Å². The van der Waals surface area contributed by atoms with Gasteiger partial charge in [-0.15, -0.1) is 0 Å². The molecule has 0 spiro atoms. The normalized spacial score (nSPS) is 12.4. The first-order chi connectivity index (χ1) is 8.19. The zero-order valence-electron chi connectivity index (χ0n) is 10.0. The highest BCUT2D eigenvalue weighted by Gasteiger charge is 2.07. The van der Waals surface area contributed by atoms with E-state index in [2.05, 4.69) is 10.4 Å². The lowest BCUT2D eigenvalue weighted by Gasteiger charge is -2.13. The average molecular weight is 233 g/mol. The summed E-state index contributed by atoms with van der Waals surface area (Å²) in [5.74, 6) is -0.208. The number of nitrogens with one attached hydrogen (secondary N) is 1. The summed E-state index contributed by atoms with van der Waals surface area (Å²) in [5.41, 5.74) is 1.87. The van der Waals surface area contributed by atoms with Gasteiger partial charge >= 0.3 is 0 Å². The van der Waals surface area contributed by atoms with Crippen LogP contribution in [0.1, 0.15) is 25.5 Å². The minimum Gasteiger partial charge on any atom is -0.376 e. The molecule has 0 saturated carbocycles. The van der Waals surface area contributed by atoms with Crippen LogP contribution >= 0.6 is 0 Å². The second-order valence-corrected chi connectivity index (χ2v) is 4.01. The van der Waals surface area contributed by atoms with E-state index in [1.165, 1.54) is 6.07 Å². The molecule has 0 radical (unpaired) electrons. The van der Waals surface area contributed by atoms with E-state index in [1.807, 2.05) is 30.8 Å². The van der Waals surface area contributed by atoms with Crippen LogP contribution in [0.25, 0.3) is 0 Å². The van der Waals surface area contributed by atoms with Gasteiger partial charge in [-0.3, -0.25) is 4.68 Å². The van der Waals surface area contributed by atoms with Crippen molar-refractivity contribution in [2.75, 3.05) is 5.32 Å². The van der Waals surface area contributed by atoms with Crippen LogP contribution in [0.15, 0.2) is 36.7 Å². The first-order valence-electron chi connectivity index (χ1n) is 5.73. The summed E-state index contributed by atoms with van der Waals surface area (Å²) in [4.78, 5) is 0.